The standard InChI is InChI=1S/C12H17NO4S/c1-3-10-5-7-11(8-6-10)18(15,16)13-9-12(14)17-4-2/h5-8,13H,3-4,9H2,1-2H3. The third-order valence-corrected chi connectivity index (χ3v) is 3.77. The highest BCUT2D eigenvalue weighted by atomic mass is 32.2. The van der Waals surface area contributed by atoms with Gasteiger partial charge in [-0.1, -0.05) is 19.1 Å². The van der Waals surface area contributed by atoms with Crippen molar-refractivity contribution in [3.8, 4) is 0 Å². The molecule has 0 unspecified atom stereocenters. The summed E-state index contributed by atoms with van der Waals surface area (Å²) in [6.07, 6.45) is 0.844. The van der Waals surface area contributed by atoms with E-state index in [0.717, 1.165) is 12.0 Å². The van der Waals surface area contributed by atoms with Gasteiger partial charge in [0.1, 0.15) is 6.54 Å². The van der Waals surface area contributed by atoms with Crippen LogP contribution < -0.4 is 4.72 Å². The Kier molecular flexibility index (Phi) is 5.30. The Morgan fingerprint density at radius 1 is 1.22 bits per heavy atom. The van der Waals surface area contributed by atoms with Gasteiger partial charge in [0.2, 0.25) is 10.0 Å². The molecule has 1 aromatic carbocycles. The number of carbonyl (C=O) groups is 1. The Labute approximate surface area is 107 Å². The minimum Gasteiger partial charge on any atom is -0.465 e. The van der Waals surface area contributed by atoms with E-state index < -0.39 is 16.0 Å². The van der Waals surface area contributed by atoms with Crippen molar-refractivity contribution in [2.75, 3.05) is 13.2 Å². The van der Waals surface area contributed by atoms with Gasteiger partial charge in [0, 0.05) is 0 Å². The van der Waals surface area contributed by atoms with E-state index in [0.29, 0.717) is 0 Å². The highest BCUT2D eigenvalue weighted by Crippen LogP contribution is 2.10. The average Bonchev–Trinajstić information content (AvgIpc) is 2.37. The number of esters is 1. The number of nitrogens with one attached hydrogen (secondary N) is 1. The van der Waals surface area contributed by atoms with E-state index in [2.05, 4.69) is 9.46 Å². The zero-order chi connectivity index (χ0) is 13.6. The van der Waals surface area contributed by atoms with Gasteiger partial charge in [-0.2, -0.15) is 4.72 Å². The third kappa shape index (κ3) is 4.12. The molecule has 0 heterocycles. The number of benzene rings is 1. The molecule has 0 spiro atoms. The minimum absolute atomic E-state index is 0.143. The van der Waals surface area contributed by atoms with Crippen LogP contribution in [0.25, 0.3) is 0 Å². The SMILES string of the molecule is CCOC(=O)CNS(=O)(=O)c1ccc(CC)cc1. The molecular weight excluding hydrogens is 254 g/mol. The fourth-order valence-corrected chi connectivity index (χ4v) is 2.32. The molecule has 1 aromatic rings. The van der Waals surface area contributed by atoms with Crippen LogP contribution in [0.5, 0.6) is 0 Å². The first-order valence-electron chi connectivity index (χ1n) is 5.73. The summed E-state index contributed by atoms with van der Waals surface area (Å²) in [4.78, 5) is 11.2. The summed E-state index contributed by atoms with van der Waals surface area (Å²) in [6.45, 7) is 3.52. The van der Waals surface area contributed by atoms with Crippen molar-refractivity contribution in [2.24, 2.45) is 0 Å². The second-order valence-electron chi connectivity index (χ2n) is 3.63. The van der Waals surface area contributed by atoms with Crippen LogP contribution in [-0.4, -0.2) is 27.5 Å². The number of hydrogen-bond acceptors (Lipinski definition) is 4. The van der Waals surface area contributed by atoms with Crippen LogP contribution in [0, 0.1) is 0 Å². The van der Waals surface area contributed by atoms with E-state index in [-0.39, 0.29) is 18.0 Å². The van der Waals surface area contributed by atoms with Gasteiger partial charge >= 0.3 is 5.97 Å². The molecule has 0 fully saturated rings. The van der Waals surface area contributed by atoms with Gasteiger partial charge in [-0.3, -0.25) is 4.79 Å². The largest absolute Gasteiger partial charge is 0.465 e. The van der Waals surface area contributed by atoms with Crippen molar-refractivity contribution in [1.29, 1.82) is 0 Å². The number of sulfonamides is 1. The van der Waals surface area contributed by atoms with E-state index in [1.54, 1.807) is 19.1 Å². The summed E-state index contributed by atoms with van der Waals surface area (Å²) in [5.41, 5.74) is 1.05. The van der Waals surface area contributed by atoms with Crippen molar-refractivity contribution in [2.45, 2.75) is 25.2 Å². The maximum atomic E-state index is 11.8. The highest BCUT2D eigenvalue weighted by molar-refractivity contribution is 7.89. The molecule has 0 aliphatic carbocycles. The number of hydrogen-bond donors (Lipinski definition) is 1. The lowest BCUT2D eigenvalue weighted by molar-refractivity contribution is -0.141. The molecular formula is C12H17NO4S. The molecule has 100 valence electrons. The van der Waals surface area contributed by atoms with E-state index in [1.807, 2.05) is 6.92 Å². The van der Waals surface area contributed by atoms with Crippen molar-refractivity contribution in [3.05, 3.63) is 29.8 Å². The van der Waals surface area contributed by atoms with Crippen molar-refractivity contribution in [3.63, 3.8) is 0 Å². The normalized spacial score (nSPS) is 11.2. The summed E-state index contributed by atoms with van der Waals surface area (Å²) in [6, 6.07) is 6.54. The van der Waals surface area contributed by atoms with E-state index >= 15 is 0 Å². The number of rotatable bonds is 6. The Morgan fingerprint density at radius 2 is 1.83 bits per heavy atom. The Bertz CT molecular complexity index is 493. The van der Waals surface area contributed by atoms with Crippen LogP contribution in [0.1, 0.15) is 19.4 Å². The maximum Gasteiger partial charge on any atom is 0.321 e. The van der Waals surface area contributed by atoms with Gasteiger partial charge in [0.15, 0.2) is 0 Å². The highest BCUT2D eigenvalue weighted by Gasteiger charge is 2.15. The van der Waals surface area contributed by atoms with E-state index in [4.69, 9.17) is 0 Å². The van der Waals surface area contributed by atoms with Crippen LogP contribution in [0.2, 0.25) is 0 Å². The molecule has 18 heavy (non-hydrogen) atoms. The molecule has 0 saturated carbocycles. The predicted octanol–water partition coefficient (Wildman–Crippen LogP) is 1.09. The average molecular weight is 271 g/mol. The van der Waals surface area contributed by atoms with Crippen LogP contribution in [0.15, 0.2) is 29.2 Å². The lowest BCUT2D eigenvalue weighted by atomic mass is 10.2. The molecule has 0 atom stereocenters. The first-order valence-corrected chi connectivity index (χ1v) is 7.22. The molecule has 0 saturated heterocycles. The Balaban J connectivity index is 2.70. The summed E-state index contributed by atoms with van der Waals surface area (Å²) in [5, 5.41) is 0. The fraction of sp³-hybridized carbons (Fsp3) is 0.417. The molecule has 0 aliphatic rings. The molecule has 1 N–H and O–H groups in total. The van der Waals surface area contributed by atoms with Gasteiger partial charge in [0.05, 0.1) is 11.5 Å². The maximum absolute atomic E-state index is 11.8. The van der Waals surface area contributed by atoms with Crippen molar-refractivity contribution in [1.82, 2.24) is 4.72 Å². The second-order valence-corrected chi connectivity index (χ2v) is 5.39. The molecule has 5 nitrogen and oxygen atoms in total. The Morgan fingerprint density at radius 3 is 2.33 bits per heavy atom. The molecule has 0 bridgehead atoms. The topological polar surface area (TPSA) is 72.5 Å². The summed E-state index contributed by atoms with van der Waals surface area (Å²) < 4.78 is 30.5. The van der Waals surface area contributed by atoms with Gasteiger partial charge in [-0.05, 0) is 31.0 Å². The van der Waals surface area contributed by atoms with Crippen LogP contribution >= 0.6 is 0 Å². The lowest BCUT2D eigenvalue weighted by Gasteiger charge is -2.07. The molecule has 0 aliphatic heterocycles. The van der Waals surface area contributed by atoms with Crippen LogP contribution in [0.3, 0.4) is 0 Å². The minimum atomic E-state index is -3.65. The third-order valence-electron chi connectivity index (χ3n) is 2.35. The first kappa shape index (κ1) is 14.7. The molecule has 1 rings (SSSR count). The smallest absolute Gasteiger partial charge is 0.321 e. The van der Waals surface area contributed by atoms with E-state index in [1.165, 1.54) is 12.1 Å². The first-order chi connectivity index (χ1) is 8.49. The van der Waals surface area contributed by atoms with Crippen molar-refractivity contribution < 1.29 is 17.9 Å². The zero-order valence-corrected chi connectivity index (χ0v) is 11.3. The van der Waals surface area contributed by atoms with Gasteiger partial charge in [0.25, 0.3) is 0 Å². The molecule has 0 radical (unpaired) electrons. The van der Waals surface area contributed by atoms with Gasteiger partial charge in [-0.25, -0.2) is 8.42 Å². The fourth-order valence-electron chi connectivity index (χ4n) is 1.35. The van der Waals surface area contributed by atoms with Crippen molar-refractivity contribution >= 4 is 16.0 Å². The van der Waals surface area contributed by atoms with Gasteiger partial charge < -0.3 is 4.74 Å². The quantitative estimate of drug-likeness (QED) is 0.786. The number of aryl methyl sites for hydroxylation is 1. The zero-order valence-electron chi connectivity index (χ0n) is 10.5. The number of carbonyl (C=O) groups excluding carboxylic acids is 1. The van der Waals surface area contributed by atoms with Crippen LogP contribution in [-0.2, 0) is 26.0 Å². The Hall–Kier alpha value is -1.40. The second kappa shape index (κ2) is 6.51. The predicted molar refractivity (Wildman–Crippen MR) is 67.6 cm³/mol. The molecule has 6 heteroatoms. The van der Waals surface area contributed by atoms with Crippen LogP contribution in [0.4, 0.5) is 0 Å². The summed E-state index contributed by atoms with van der Waals surface area (Å²) in [5.74, 6) is -0.591. The van der Waals surface area contributed by atoms with E-state index in [9.17, 15) is 13.2 Å². The summed E-state index contributed by atoms with van der Waals surface area (Å²) >= 11 is 0. The number of ether oxygens (including phenoxy) is 1. The van der Waals surface area contributed by atoms with Gasteiger partial charge in [-0.15, -0.1) is 0 Å². The summed E-state index contributed by atoms with van der Waals surface area (Å²) in [7, 11) is -3.65. The molecule has 0 aromatic heterocycles. The monoisotopic (exact) mass is 271 g/mol. The lowest BCUT2D eigenvalue weighted by Crippen LogP contribution is -2.30. The molecule has 0 amide bonds.